The van der Waals surface area contributed by atoms with Crippen LogP contribution in [0.4, 0.5) is 0 Å². The molecule has 0 radical (unpaired) electrons. The lowest BCUT2D eigenvalue weighted by Crippen LogP contribution is -2.51. The number of hydrogen-bond acceptors (Lipinski definition) is 7. The third-order valence-corrected chi connectivity index (χ3v) is 8.07. The molecule has 3 atom stereocenters. The number of benzene rings is 1. The molecule has 3 unspecified atom stereocenters. The molecule has 4 aliphatic heterocycles. The number of hydrogen-bond donors (Lipinski definition) is 1. The van der Waals surface area contributed by atoms with Crippen LogP contribution in [0, 0.1) is 5.92 Å². The van der Waals surface area contributed by atoms with E-state index in [1.165, 1.54) is 11.8 Å². The number of methoxy groups -OCH3 is 1. The Labute approximate surface area is 197 Å². The monoisotopic (exact) mass is 468 g/mol. The number of carbonyl (C=O) groups is 3. The highest BCUT2D eigenvalue weighted by Crippen LogP contribution is 2.30. The number of thioether (sulfide) groups is 1. The first kappa shape index (κ1) is 22.2. The van der Waals surface area contributed by atoms with Gasteiger partial charge in [0.1, 0.15) is 16.8 Å². The highest BCUT2D eigenvalue weighted by Gasteiger charge is 2.40. The molecule has 4 aliphatic rings. The summed E-state index contributed by atoms with van der Waals surface area (Å²) in [7, 11) is 1.61. The van der Waals surface area contributed by atoms with Crippen LogP contribution in [-0.2, 0) is 9.59 Å². The van der Waals surface area contributed by atoms with Crippen molar-refractivity contribution >= 4 is 35.2 Å². The van der Waals surface area contributed by atoms with E-state index in [0.29, 0.717) is 24.5 Å². The highest BCUT2D eigenvalue weighted by atomic mass is 32.2. The molecule has 1 aromatic carbocycles. The molecular weight excluding hydrogens is 440 g/mol. The number of ether oxygens (including phenoxy) is 1. The van der Waals surface area contributed by atoms with Crippen LogP contribution in [0.2, 0.25) is 0 Å². The van der Waals surface area contributed by atoms with Crippen molar-refractivity contribution in [1.29, 1.82) is 0 Å². The molecule has 2 saturated heterocycles. The Bertz CT molecular complexity index is 1000. The van der Waals surface area contributed by atoms with E-state index < -0.39 is 0 Å². The zero-order chi connectivity index (χ0) is 22.9. The molecule has 8 nitrogen and oxygen atoms in total. The van der Waals surface area contributed by atoms with Gasteiger partial charge < -0.3 is 15.0 Å². The molecule has 0 aliphatic carbocycles. The topological polar surface area (TPSA) is 91.3 Å². The standard InChI is InChI=1S/C24H28N4O4S/c1-32-17-4-2-15(3-5-17)21(29)16-6-10-27(11-7-16)19-8-12-28(24(19)31)14-20-25-18-9-13-33-22(18)23(30)26-20/h2-5,9,13,16,18-19,22H,6-8,10-12,14H2,1H3,(H,25,26,30). The Morgan fingerprint density at radius 2 is 1.91 bits per heavy atom. The molecule has 1 aromatic rings. The number of rotatable bonds is 6. The van der Waals surface area contributed by atoms with Crippen LogP contribution < -0.4 is 10.1 Å². The van der Waals surface area contributed by atoms with Crippen molar-refractivity contribution in [2.45, 2.75) is 36.6 Å². The molecular formula is C24H28N4O4S. The van der Waals surface area contributed by atoms with Crippen molar-refractivity contribution in [3.63, 3.8) is 0 Å². The van der Waals surface area contributed by atoms with Crippen molar-refractivity contribution in [3.8, 4) is 5.75 Å². The van der Waals surface area contributed by atoms with Gasteiger partial charge in [-0.2, -0.15) is 0 Å². The number of carbonyl (C=O) groups excluding carboxylic acids is 3. The number of piperidine rings is 1. The maximum absolute atomic E-state index is 13.1. The average molecular weight is 469 g/mol. The van der Waals surface area contributed by atoms with E-state index in [1.54, 1.807) is 12.0 Å². The quantitative estimate of drug-likeness (QED) is 0.640. The van der Waals surface area contributed by atoms with Gasteiger partial charge in [0, 0.05) is 18.0 Å². The molecule has 4 heterocycles. The Morgan fingerprint density at radius 3 is 2.64 bits per heavy atom. The second-order valence-electron chi connectivity index (χ2n) is 8.91. The van der Waals surface area contributed by atoms with Gasteiger partial charge in [-0.1, -0.05) is 6.08 Å². The van der Waals surface area contributed by atoms with Crippen molar-refractivity contribution < 1.29 is 19.1 Å². The summed E-state index contributed by atoms with van der Waals surface area (Å²) < 4.78 is 5.17. The van der Waals surface area contributed by atoms with Crippen LogP contribution >= 0.6 is 11.8 Å². The summed E-state index contributed by atoms with van der Waals surface area (Å²) in [6.07, 6.45) is 4.22. The van der Waals surface area contributed by atoms with Gasteiger partial charge >= 0.3 is 0 Å². The number of Topliss-reactive ketones (excluding diaryl/α,β-unsaturated/α-hetero) is 1. The van der Waals surface area contributed by atoms with Crippen LogP contribution in [0.1, 0.15) is 29.6 Å². The first-order valence-corrected chi connectivity index (χ1v) is 12.4. The van der Waals surface area contributed by atoms with E-state index in [4.69, 9.17) is 4.74 Å². The van der Waals surface area contributed by atoms with Crippen LogP contribution in [0.3, 0.4) is 0 Å². The lowest BCUT2D eigenvalue weighted by atomic mass is 9.88. The van der Waals surface area contributed by atoms with Crippen molar-refractivity contribution in [2.75, 3.05) is 33.3 Å². The molecule has 33 heavy (non-hydrogen) atoms. The number of amidine groups is 1. The van der Waals surface area contributed by atoms with E-state index in [9.17, 15) is 14.4 Å². The molecule has 0 aromatic heterocycles. The fourth-order valence-corrected chi connectivity index (χ4v) is 6.00. The second kappa shape index (κ2) is 9.30. The molecule has 2 amide bonds. The van der Waals surface area contributed by atoms with Gasteiger partial charge in [0.15, 0.2) is 5.78 Å². The van der Waals surface area contributed by atoms with E-state index in [2.05, 4.69) is 15.2 Å². The minimum absolute atomic E-state index is 0.0145. The third-order valence-electron chi connectivity index (χ3n) is 6.97. The number of nitrogens with zero attached hydrogens (tertiary/aromatic N) is 3. The molecule has 174 valence electrons. The van der Waals surface area contributed by atoms with Crippen molar-refractivity contribution in [2.24, 2.45) is 10.9 Å². The smallest absolute Gasteiger partial charge is 0.241 e. The number of ketones is 1. The lowest BCUT2D eigenvalue weighted by Gasteiger charge is -2.34. The Morgan fingerprint density at radius 1 is 1.15 bits per heavy atom. The molecule has 0 bridgehead atoms. The maximum Gasteiger partial charge on any atom is 0.241 e. The van der Waals surface area contributed by atoms with Gasteiger partial charge in [-0.05, 0) is 62.0 Å². The van der Waals surface area contributed by atoms with Gasteiger partial charge in [0.05, 0.1) is 25.7 Å². The Balaban J connectivity index is 1.15. The zero-order valence-corrected chi connectivity index (χ0v) is 19.4. The number of likely N-dealkylation sites (tertiary alicyclic amines) is 2. The van der Waals surface area contributed by atoms with Crippen LogP contribution in [0.15, 0.2) is 40.7 Å². The molecule has 0 saturated carbocycles. The minimum atomic E-state index is -0.183. The van der Waals surface area contributed by atoms with Gasteiger partial charge in [-0.3, -0.25) is 24.3 Å². The number of fused-ring (bicyclic) bond motifs is 1. The normalized spacial score (nSPS) is 28.0. The Hall–Kier alpha value is -2.65. The summed E-state index contributed by atoms with van der Waals surface area (Å²) in [6, 6.07) is 6.98. The Kier molecular flexibility index (Phi) is 6.25. The largest absolute Gasteiger partial charge is 0.497 e. The first-order chi connectivity index (χ1) is 16.0. The summed E-state index contributed by atoms with van der Waals surface area (Å²) in [5.41, 5.74) is 0.713. The summed E-state index contributed by atoms with van der Waals surface area (Å²) in [4.78, 5) is 46.9. The SMILES string of the molecule is COc1ccc(C(=O)C2CCN(C3CCN(CC4=NC5C=CSC5C(=O)N4)C3=O)CC2)cc1. The number of aliphatic imine (C=N–C) groups is 1. The summed E-state index contributed by atoms with van der Waals surface area (Å²) >= 11 is 1.48. The summed E-state index contributed by atoms with van der Waals surface area (Å²) in [5.74, 6) is 1.52. The maximum atomic E-state index is 13.1. The fraction of sp³-hybridized carbons (Fsp3) is 0.500. The van der Waals surface area contributed by atoms with E-state index in [1.807, 2.05) is 35.7 Å². The van der Waals surface area contributed by atoms with Crippen LogP contribution in [0.5, 0.6) is 5.75 Å². The van der Waals surface area contributed by atoms with Crippen LogP contribution in [0.25, 0.3) is 0 Å². The summed E-state index contributed by atoms with van der Waals surface area (Å²) in [6.45, 7) is 2.47. The highest BCUT2D eigenvalue weighted by molar-refractivity contribution is 8.03. The first-order valence-electron chi connectivity index (χ1n) is 11.4. The summed E-state index contributed by atoms with van der Waals surface area (Å²) in [5, 5.41) is 4.60. The lowest BCUT2D eigenvalue weighted by molar-refractivity contribution is -0.132. The third kappa shape index (κ3) is 4.44. The average Bonchev–Trinajstić information content (AvgIpc) is 3.46. The van der Waals surface area contributed by atoms with Crippen molar-refractivity contribution in [3.05, 3.63) is 41.3 Å². The molecule has 0 spiro atoms. The van der Waals surface area contributed by atoms with Crippen LogP contribution in [-0.4, -0.2) is 83.9 Å². The van der Waals surface area contributed by atoms with Gasteiger partial charge in [0.25, 0.3) is 0 Å². The number of amides is 2. The number of nitrogens with one attached hydrogen (secondary N) is 1. The van der Waals surface area contributed by atoms with E-state index in [-0.39, 0.29) is 40.8 Å². The van der Waals surface area contributed by atoms with Gasteiger partial charge in [0.2, 0.25) is 11.8 Å². The zero-order valence-electron chi connectivity index (χ0n) is 18.6. The second-order valence-corrected chi connectivity index (χ2v) is 9.96. The van der Waals surface area contributed by atoms with Gasteiger partial charge in [-0.25, -0.2) is 0 Å². The molecule has 9 heteroatoms. The predicted molar refractivity (Wildman–Crippen MR) is 126 cm³/mol. The van der Waals surface area contributed by atoms with E-state index in [0.717, 1.165) is 38.1 Å². The fourth-order valence-electron chi connectivity index (χ4n) is 5.09. The van der Waals surface area contributed by atoms with E-state index >= 15 is 0 Å². The molecule has 5 rings (SSSR count). The molecule has 1 N–H and O–H groups in total. The minimum Gasteiger partial charge on any atom is -0.497 e. The van der Waals surface area contributed by atoms with Gasteiger partial charge in [-0.15, -0.1) is 11.8 Å². The van der Waals surface area contributed by atoms with Crippen molar-refractivity contribution in [1.82, 2.24) is 15.1 Å². The predicted octanol–water partition coefficient (Wildman–Crippen LogP) is 1.72. The molecule has 2 fully saturated rings.